The summed E-state index contributed by atoms with van der Waals surface area (Å²) in [5.74, 6) is 0. The van der Waals surface area contributed by atoms with Crippen molar-refractivity contribution in [3.8, 4) is 0 Å². The second-order valence-corrected chi connectivity index (χ2v) is 35.0. The Morgan fingerprint density at radius 3 is 1.11 bits per heavy atom. The topological polar surface area (TPSA) is 183 Å². The van der Waals surface area contributed by atoms with Gasteiger partial charge in [-0.3, -0.25) is 0 Å². The zero-order chi connectivity index (χ0) is 53.4. The summed E-state index contributed by atoms with van der Waals surface area (Å²) in [7, 11) is 10.2. The molecule has 14 nitrogen and oxygen atoms in total. The zero-order valence-corrected chi connectivity index (χ0v) is 51.0. The average Bonchev–Trinajstić information content (AvgIpc) is 3.82. The van der Waals surface area contributed by atoms with Crippen molar-refractivity contribution in [1.29, 1.82) is 0 Å². The van der Waals surface area contributed by atoms with Gasteiger partial charge in [0.2, 0.25) is 0 Å². The summed E-state index contributed by atoms with van der Waals surface area (Å²) in [5.41, 5.74) is 18.2. The summed E-state index contributed by atoms with van der Waals surface area (Å²) in [6, 6.07) is 19.0. The normalized spacial score (nSPS) is 12.5. The molecule has 1 fully saturated rings. The quantitative estimate of drug-likeness (QED) is 0.0415. The van der Waals surface area contributed by atoms with E-state index >= 15 is 0 Å². The van der Waals surface area contributed by atoms with E-state index in [2.05, 4.69) is 109 Å². The van der Waals surface area contributed by atoms with E-state index in [1.54, 1.807) is 38.4 Å². The van der Waals surface area contributed by atoms with Gasteiger partial charge in [-0.15, -0.1) is 19.7 Å². The Morgan fingerprint density at radius 2 is 0.886 bits per heavy atom. The van der Waals surface area contributed by atoms with E-state index < -0.39 is 47.3 Å². The summed E-state index contributed by atoms with van der Waals surface area (Å²) < 4.78 is 32.3. The number of hydrogen-bond acceptors (Lipinski definition) is 14. The van der Waals surface area contributed by atoms with Crippen LogP contribution in [0.4, 0.5) is 11.4 Å². The van der Waals surface area contributed by atoms with Gasteiger partial charge in [-0.1, -0.05) is 53.4 Å². The second kappa shape index (κ2) is 38.3. The van der Waals surface area contributed by atoms with E-state index in [4.69, 9.17) is 61.3 Å². The first-order valence-corrected chi connectivity index (χ1v) is 36.1. The number of rotatable bonds is 19. The van der Waals surface area contributed by atoms with Crippen LogP contribution in [0.2, 0.25) is 0 Å². The molecule has 6 N–H and O–H groups in total. The van der Waals surface area contributed by atoms with Gasteiger partial charge in [0.15, 0.2) is 16.1 Å². The van der Waals surface area contributed by atoms with Crippen molar-refractivity contribution < 1.29 is 70.7 Å². The molecule has 1 aliphatic rings. The first-order chi connectivity index (χ1) is 32.7. The summed E-state index contributed by atoms with van der Waals surface area (Å²) in [5, 5.41) is 53.5. The molecule has 21 heteroatoms. The standard InChI is InChI=1S/C21H27N2.C8H20O6Si2.C7H6.2C5H12O3Si.C2H4.CH3.2ClH.Ru/c1-14-9-16(3)20(17(4)10-14)22-7-8-23(13-22)21-18(5)11-15(2)12-19(21)6;1-12-16(13-2,14-3)5-4-15(6-9,7-10)8-11;1-7-5-3-2-4-6-7;1-5-9(6-2,7-3)8-4;1-2-9(3-6,4-7)5-8;1-2;;;;/h9-13H,7-8H2,1-6H3;4-5,9-11H,6-8H2,1-3H3;1-6H;5H,1H2,2-4H3;2,6-8H,1,3-5H2;1-2H2;1H3;2*1H;/q-1;;;;;;-1;;;+2/p-2. The fourth-order valence-corrected chi connectivity index (χ4v) is 13.9. The predicted octanol–water partition coefficient (Wildman–Crippen LogP) is 6.89. The van der Waals surface area contributed by atoms with E-state index in [0.29, 0.717) is 0 Å². The number of halogens is 2. The van der Waals surface area contributed by atoms with Crippen molar-refractivity contribution in [2.45, 2.75) is 41.5 Å². The third kappa shape index (κ3) is 23.7. The molecule has 1 heterocycles. The van der Waals surface area contributed by atoms with Crippen LogP contribution >= 0.6 is 19.4 Å². The third-order valence-electron chi connectivity index (χ3n) is 10.6. The van der Waals surface area contributed by atoms with Crippen LogP contribution in [0.3, 0.4) is 0 Å². The Balaban J connectivity index is -0.000000840. The monoisotopic (exact) mass is 1180 g/mol. The predicted molar refractivity (Wildman–Crippen MR) is 298 cm³/mol. The van der Waals surface area contributed by atoms with Gasteiger partial charge in [0.1, 0.15) is 0 Å². The van der Waals surface area contributed by atoms with E-state index in [1.807, 2.05) is 34.9 Å². The van der Waals surface area contributed by atoms with Gasteiger partial charge in [-0.05, 0) is 75.2 Å². The fourth-order valence-electron chi connectivity index (χ4n) is 6.58. The Kier molecular flexibility index (Phi) is 39.3. The molecule has 0 unspecified atom stereocenters. The third-order valence-corrected chi connectivity index (χ3v) is 22.8. The molecule has 402 valence electrons. The first kappa shape index (κ1) is 71.9. The Labute approximate surface area is 438 Å². The van der Waals surface area contributed by atoms with Gasteiger partial charge < -0.3 is 74.4 Å². The van der Waals surface area contributed by atoms with Crippen molar-refractivity contribution in [1.82, 2.24) is 0 Å². The first-order valence-electron chi connectivity index (χ1n) is 21.6. The molecular formula is C49H84Cl2N2O12RuSi4-2. The van der Waals surface area contributed by atoms with Crippen LogP contribution in [0.1, 0.15) is 38.9 Å². The Hall–Kier alpha value is -2.32. The van der Waals surface area contributed by atoms with Gasteiger partial charge >= 0.3 is 91.0 Å². The molecule has 0 amide bonds. The number of aliphatic hydroxyl groups excluding tert-OH is 6. The van der Waals surface area contributed by atoms with E-state index in [9.17, 15) is 15.3 Å². The maximum absolute atomic E-state index is 9.17. The number of aryl methyl sites for hydroxylation is 6. The van der Waals surface area contributed by atoms with Crippen molar-refractivity contribution in [3.05, 3.63) is 157 Å². The van der Waals surface area contributed by atoms with Gasteiger partial charge in [0.05, 0.1) is 0 Å². The molecule has 0 saturated carbocycles. The van der Waals surface area contributed by atoms with Crippen molar-refractivity contribution in [3.63, 3.8) is 0 Å². The van der Waals surface area contributed by atoms with Crippen LogP contribution in [0.5, 0.6) is 0 Å². The van der Waals surface area contributed by atoms with Crippen LogP contribution in [0.25, 0.3) is 0 Å². The van der Waals surface area contributed by atoms with E-state index in [-0.39, 0.29) is 44.8 Å². The number of anilines is 2. The number of nitrogens with zero attached hydrogens (tertiary/aromatic N) is 2. The molecule has 3 aromatic carbocycles. The van der Waals surface area contributed by atoms with Crippen LogP contribution in [-0.4, -0.2) is 162 Å². The van der Waals surface area contributed by atoms with Crippen molar-refractivity contribution in [2.24, 2.45) is 0 Å². The molecule has 0 bridgehead atoms. The van der Waals surface area contributed by atoms with Crippen LogP contribution in [-0.2, 0) is 40.1 Å². The number of hydrogen-bond donors (Lipinski definition) is 6. The van der Waals surface area contributed by atoms with Gasteiger partial charge in [0, 0.05) is 105 Å². The molecule has 0 spiro atoms. The summed E-state index contributed by atoms with van der Waals surface area (Å²) in [6.07, 6.45) is -1.12. The van der Waals surface area contributed by atoms with E-state index in [1.165, 1.54) is 71.8 Å². The minimum atomic E-state index is -2.86. The maximum atomic E-state index is 9.17. The number of benzene rings is 3. The van der Waals surface area contributed by atoms with Gasteiger partial charge in [0.25, 0.3) is 0 Å². The van der Waals surface area contributed by atoms with Gasteiger partial charge in [-0.2, -0.15) is 6.67 Å². The molecule has 1 aliphatic heterocycles. The minimum absolute atomic E-state index is 0. The molecule has 0 aliphatic carbocycles. The summed E-state index contributed by atoms with van der Waals surface area (Å²) in [4.78, 5) is 4.81. The number of aliphatic hydroxyl groups is 6. The molecule has 0 aromatic heterocycles. The molecule has 70 heavy (non-hydrogen) atoms. The fraction of sp³-hybridized carbons (Fsp3) is 0.408. The molecule has 0 atom stereocenters. The average molecular weight is 1180 g/mol. The molecule has 1 saturated heterocycles. The molecule has 0 radical (unpaired) electrons. The summed E-state index contributed by atoms with van der Waals surface area (Å²) >= 11 is -1.61. The van der Waals surface area contributed by atoms with Gasteiger partial charge in [-0.25, -0.2) is 0 Å². The zero-order valence-electron chi connectivity index (χ0n) is 43.8. The molecular weight excluding hydrogens is 1090 g/mol. The van der Waals surface area contributed by atoms with Crippen molar-refractivity contribution in [2.75, 3.05) is 103 Å². The second-order valence-electron chi connectivity index (χ2n) is 15.6. The van der Waals surface area contributed by atoms with Crippen LogP contribution in [0, 0.1) is 55.6 Å². The van der Waals surface area contributed by atoms with Crippen LogP contribution < -0.4 is 9.80 Å². The molecule has 3 aromatic rings. The SMILES string of the molecule is C=C.C=C[Si](CO)(CO)CO.C=C[Si](OC)(OC)OC.CO[Si](C=C[Si](CO)(CO)CO)(OC)OC.Cc1cc(C)c(N2[CH-]N(c3c(C)cc(C)cc3C)CC2)c(C)c1.[CH3-].[Cl][Ru]([Cl])=[CH]c1ccccc1. The Bertz CT molecular complexity index is 1780. The Morgan fingerprint density at radius 1 is 0.557 bits per heavy atom. The van der Waals surface area contributed by atoms with Crippen molar-refractivity contribution >= 4 is 69.1 Å². The van der Waals surface area contributed by atoms with Crippen LogP contribution in [0.15, 0.2) is 104 Å². The molecule has 4 rings (SSSR count). The summed E-state index contributed by atoms with van der Waals surface area (Å²) in [6.45, 7) is 30.5. The van der Waals surface area contributed by atoms with E-state index in [0.717, 1.165) is 18.7 Å².